The number of aryl methyl sites for hydroxylation is 2. The first-order chi connectivity index (χ1) is 14.3. The molecule has 0 spiro atoms. The van der Waals surface area contributed by atoms with Gasteiger partial charge >= 0.3 is 0 Å². The lowest BCUT2D eigenvalue weighted by Gasteiger charge is -2.12. The molecule has 1 atom stereocenters. The number of carbonyl (C=O) groups excluding carboxylic acids is 2. The van der Waals surface area contributed by atoms with Gasteiger partial charge in [0.25, 0.3) is 11.8 Å². The highest BCUT2D eigenvalue weighted by Crippen LogP contribution is 2.15. The van der Waals surface area contributed by atoms with E-state index in [2.05, 4.69) is 15.6 Å². The molecule has 1 aliphatic heterocycles. The molecular weight excluding hydrogens is 406 g/mol. The summed E-state index contributed by atoms with van der Waals surface area (Å²) in [4.78, 5) is 24.7. The van der Waals surface area contributed by atoms with Crippen LogP contribution in [0.25, 0.3) is 0 Å². The van der Waals surface area contributed by atoms with Crippen molar-refractivity contribution in [2.24, 2.45) is 0 Å². The number of benzene rings is 2. The molecule has 3 rings (SSSR count). The molecule has 0 saturated carbocycles. The summed E-state index contributed by atoms with van der Waals surface area (Å²) in [6.45, 7) is 4.55. The van der Waals surface area contributed by atoms with Crippen LogP contribution in [0.3, 0.4) is 0 Å². The SMILES string of the molecule is Cc1ccc(C(=O)NNC(=O)c2cccc(S(=O)(=O)NCC3CCCO3)c2)c(C)c1. The Balaban J connectivity index is 1.63. The van der Waals surface area contributed by atoms with Gasteiger partial charge in [0.1, 0.15) is 0 Å². The van der Waals surface area contributed by atoms with Crippen molar-refractivity contribution >= 4 is 21.8 Å². The fourth-order valence-electron chi connectivity index (χ4n) is 3.22. The molecule has 160 valence electrons. The second-order valence-corrected chi connectivity index (χ2v) is 9.01. The minimum Gasteiger partial charge on any atom is -0.377 e. The van der Waals surface area contributed by atoms with E-state index in [1.807, 2.05) is 26.0 Å². The van der Waals surface area contributed by atoms with Gasteiger partial charge in [0.05, 0.1) is 11.0 Å². The predicted molar refractivity (Wildman–Crippen MR) is 111 cm³/mol. The van der Waals surface area contributed by atoms with Crippen molar-refractivity contribution in [1.82, 2.24) is 15.6 Å². The molecule has 3 N–H and O–H groups in total. The Labute approximate surface area is 176 Å². The number of hydrazine groups is 1. The van der Waals surface area contributed by atoms with Crippen LogP contribution in [0.1, 0.15) is 44.7 Å². The largest absolute Gasteiger partial charge is 0.377 e. The lowest BCUT2D eigenvalue weighted by atomic mass is 10.1. The summed E-state index contributed by atoms with van der Waals surface area (Å²) in [7, 11) is -3.79. The highest BCUT2D eigenvalue weighted by Gasteiger charge is 2.21. The van der Waals surface area contributed by atoms with Crippen molar-refractivity contribution in [2.45, 2.75) is 37.7 Å². The molecule has 1 fully saturated rings. The third-order valence-electron chi connectivity index (χ3n) is 4.85. The van der Waals surface area contributed by atoms with Crippen LogP contribution in [0, 0.1) is 13.8 Å². The quantitative estimate of drug-likeness (QED) is 0.604. The van der Waals surface area contributed by atoms with Crippen LogP contribution >= 0.6 is 0 Å². The third-order valence-corrected chi connectivity index (χ3v) is 6.27. The molecule has 2 aromatic carbocycles. The van der Waals surface area contributed by atoms with Crippen LogP contribution in [-0.4, -0.2) is 39.5 Å². The van der Waals surface area contributed by atoms with Gasteiger partial charge in [-0.05, 0) is 56.5 Å². The predicted octanol–water partition coefficient (Wildman–Crippen LogP) is 1.84. The van der Waals surface area contributed by atoms with Gasteiger partial charge in [-0.2, -0.15) is 0 Å². The molecule has 9 heteroatoms. The van der Waals surface area contributed by atoms with E-state index in [9.17, 15) is 18.0 Å². The monoisotopic (exact) mass is 431 g/mol. The molecule has 2 aromatic rings. The van der Waals surface area contributed by atoms with E-state index < -0.39 is 21.8 Å². The van der Waals surface area contributed by atoms with Crippen molar-refractivity contribution in [1.29, 1.82) is 0 Å². The van der Waals surface area contributed by atoms with E-state index in [0.29, 0.717) is 12.2 Å². The summed E-state index contributed by atoms with van der Waals surface area (Å²) in [5, 5.41) is 0. The Morgan fingerprint density at radius 3 is 2.53 bits per heavy atom. The van der Waals surface area contributed by atoms with Crippen molar-refractivity contribution < 1.29 is 22.7 Å². The van der Waals surface area contributed by atoms with E-state index >= 15 is 0 Å². The van der Waals surface area contributed by atoms with Gasteiger partial charge in [-0.3, -0.25) is 20.4 Å². The normalized spacial score (nSPS) is 16.3. The zero-order valence-corrected chi connectivity index (χ0v) is 17.7. The lowest BCUT2D eigenvalue weighted by molar-refractivity contribution is 0.0846. The van der Waals surface area contributed by atoms with Crippen LogP contribution in [0.5, 0.6) is 0 Å². The van der Waals surface area contributed by atoms with Gasteiger partial charge in [-0.1, -0.05) is 23.8 Å². The highest BCUT2D eigenvalue weighted by molar-refractivity contribution is 7.89. The van der Waals surface area contributed by atoms with E-state index in [1.165, 1.54) is 24.3 Å². The van der Waals surface area contributed by atoms with Crippen LogP contribution in [0.2, 0.25) is 0 Å². The molecule has 0 radical (unpaired) electrons. The third kappa shape index (κ3) is 5.44. The number of ether oxygens (including phenoxy) is 1. The van der Waals surface area contributed by atoms with Crippen LogP contribution in [0.15, 0.2) is 47.4 Å². The molecule has 2 amide bonds. The Morgan fingerprint density at radius 2 is 1.83 bits per heavy atom. The van der Waals surface area contributed by atoms with Gasteiger partial charge in [-0.25, -0.2) is 13.1 Å². The average molecular weight is 432 g/mol. The number of amides is 2. The second kappa shape index (κ2) is 9.38. The van der Waals surface area contributed by atoms with Crippen LogP contribution in [-0.2, 0) is 14.8 Å². The standard InChI is InChI=1S/C21H25N3O5S/c1-14-8-9-19(15(2)11-14)21(26)24-23-20(25)16-5-3-7-18(12-16)30(27,28)22-13-17-6-4-10-29-17/h3,5,7-9,11-12,17,22H,4,6,10,13H2,1-2H3,(H,23,25)(H,24,26). The highest BCUT2D eigenvalue weighted by atomic mass is 32.2. The summed E-state index contributed by atoms with van der Waals surface area (Å²) in [5.41, 5.74) is 7.04. The van der Waals surface area contributed by atoms with Crippen LogP contribution < -0.4 is 15.6 Å². The number of hydrogen-bond donors (Lipinski definition) is 3. The second-order valence-electron chi connectivity index (χ2n) is 7.24. The first-order valence-electron chi connectivity index (χ1n) is 9.65. The summed E-state index contributed by atoms with van der Waals surface area (Å²) in [6, 6.07) is 11.0. The van der Waals surface area contributed by atoms with Gasteiger partial charge in [0, 0.05) is 24.3 Å². The maximum absolute atomic E-state index is 12.5. The zero-order valence-electron chi connectivity index (χ0n) is 16.9. The summed E-state index contributed by atoms with van der Waals surface area (Å²) >= 11 is 0. The average Bonchev–Trinajstić information content (AvgIpc) is 3.24. The lowest BCUT2D eigenvalue weighted by Crippen LogP contribution is -2.42. The van der Waals surface area contributed by atoms with E-state index in [-0.39, 0.29) is 23.1 Å². The van der Waals surface area contributed by atoms with Gasteiger partial charge in [-0.15, -0.1) is 0 Å². The van der Waals surface area contributed by atoms with E-state index in [4.69, 9.17) is 4.74 Å². The minimum absolute atomic E-state index is 0.0335. The Bertz CT molecular complexity index is 1050. The van der Waals surface area contributed by atoms with E-state index in [0.717, 1.165) is 24.0 Å². The van der Waals surface area contributed by atoms with Crippen molar-refractivity contribution in [3.05, 3.63) is 64.7 Å². The molecular formula is C21H25N3O5S. The maximum Gasteiger partial charge on any atom is 0.269 e. The Kier molecular flexibility index (Phi) is 6.86. The molecule has 8 nitrogen and oxygen atoms in total. The van der Waals surface area contributed by atoms with Crippen molar-refractivity contribution in [3.8, 4) is 0 Å². The number of nitrogens with one attached hydrogen (secondary N) is 3. The molecule has 1 heterocycles. The Hall–Kier alpha value is -2.75. The van der Waals surface area contributed by atoms with Crippen LogP contribution in [0.4, 0.5) is 0 Å². The van der Waals surface area contributed by atoms with E-state index in [1.54, 1.807) is 6.07 Å². The number of sulfonamides is 1. The summed E-state index contributed by atoms with van der Waals surface area (Å²) in [6.07, 6.45) is 1.59. The Morgan fingerprint density at radius 1 is 1.07 bits per heavy atom. The fraction of sp³-hybridized carbons (Fsp3) is 0.333. The zero-order chi connectivity index (χ0) is 21.7. The number of hydrogen-bond acceptors (Lipinski definition) is 5. The van der Waals surface area contributed by atoms with Gasteiger partial charge in [0.2, 0.25) is 10.0 Å². The van der Waals surface area contributed by atoms with Gasteiger partial charge < -0.3 is 4.74 Å². The number of rotatable bonds is 6. The summed E-state index contributed by atoms with van der Waals surface area (Å²) < 4.78 is 33.0. The molecule has 1 aliphatic rings. The molecule has 1 saturated heterocycles. The molecule has 0 aliphatic carbocycles. The van der Waals surface area contributed by atoms with Gasteiger partial charge in [0.15, 0.2) is 0 Å². The van der Waals surface area contributed by atoms with Crippen molar-refractivity contribution in [3.63, 3.8) is 0 Å². The molecule has 1 unspecified atom stereocenters. The number of carbonyl (C=O) groups is 2. The summed E-state index contributed by atoms with van der Waals surface area (Å²) in [5.74, 6) is -1.08. The molecule has 0 bridgehead atoms. The fourth-order valence-corrected chi connectivity index (χ4v) is 4.33. The van der Waals surface area contributed by atoms with Crippen molar-refractivity contribution in [2.75, 3.05) is 13.2 Å². The topological polar surface area (TPSA) is 114 Å². The first-order valence-corrected chi connectivity index (χ1v) is 11.1. The maximum atomic E-state index is 12.5. The first kappa shape index (κ1) is 21.9. The minimum atomic E-state index is -3.79. The molecule has 0 aromatic heterocycles. The smallest absolute Gasteiger partial charge is 0.269 e. The molecule has 30 heavy (non-hydrogen) atoms.